The van der Waals surface area contributed by atoms with Crippen molar-refractivity contribution >= 4 is 32.3 Å². The van der Waals surface area contributed by atoms with Crippen LogP contribution in [0.2, 0.25) is 0 Å². The van der Waals surface area contributed by atoms with Gasteiger partial charge in [0.05, 0.1) is 12.2 Å². The number of aliphatic hydroxyl groups is 2. The molecule has 2 N–H and O–H groups in total. The predicted octanol–water partition coefficient (Wildman–Crippen LogP) is 19.4. The van der Waals surface area contributed by atoms with E-state index in [1.807, 2.05) is 0 Å². The van der Waals surface area contributed by atoms with E-state index in [2.05, 4.69) is 142 Å². The molecule has 16 atom stereocenters. The topological polar surface area (TPSA) is 40.5 Å². The highest BCUT2D eigenvalue weighted by molar-refractivity contribution is 6.22. The summed E-state index contributed by atoms with van der Waals surface area (Å²) < 4.78 is 0. The van der Waals surface area contributed by atoms with E-state index in [-0.39, 0.29) is 12.2 Å². The van der Waals surface area contributed by atoms with E-state index in [4.69, 9.17) is 0 Å². The van der Waals surface area contributed by atoms with Gasteiger partial charge < -0.3 is 10.2 Å². The maximum absolute atomic E-state index is 10.2. The van der Waals surface area contributed by atoms with Crippen LogP contribution in [-0.2, 0) is 0 Å². The number of hydrogen-bond donors (Lipinski definition) is 2. The Morgan fingerprint density at radius 3 is 1.18 bits per heavy atom. The van der Waals surface area contributed by atoms with Gasteiger partial charge in [0.15, 0.2) is 0 Å². The zero-order valence-electron chi connectivity index (χ0n) is 47.5. The Bertz CT molecular complexity index is 2290. The van der Waals surface area contributed by atoms with Crippen molar-refractivity contribution in [3.8, 4) is 0 Å². The third kappa shape index (κ3) is 9.63. The molecule has 2 nitrogen and oxygen atoms in total. The fourth-order valence-electron chi connectivity index (χ4n) is 20.0. The van der Waals surface area contributed by atoms with Crippen LogP contribution in [0.4, 0.5) is 0 Å². The quantitative estimate of drug-likeness (QED) is 0.123. The molecule has 0 bridgehead atoms. The highest BCUT2D eigenvalue weighted by Gasteiger charge is 2.61. The lowest BCUT2D eigenvalue weighted by Crippen LogP contribution is -2.50. The van der Waals surface area contributed by atoms with E-state index in [1.165, 1.54) is 148 Å². The van der Waals surface area contributed by atoms with Crippen molar-refractivity contribution in [2.45, 2.75) is 223 Å². The summed E-state index contributed by atoms with van der Waals surface area (Å²) in [5, 5.41) is 28.6. The zero-order valence-corrected chi connectivity index (χ0v) is 47.5. The fourth-order valence-corrected chi connectivity index (χ4v) is 20.0. The Hall–Kier alpha value is -2.68. The predicted molar refractivity (Wildman–Crippen MR) is 308 cm³/mol. The molecule has 0 aliphatic heterocycles. The van der Waals surface area contributed by atoms with Gasteiger partial charge in [-0.3, -0.25) is 0 Å². The molecule has 4 aromatic rings. The smallest absolute Gasteiger partial charge is 0.0577 e. The zero-order chi connectivity index (χ0) is 50.7. The van der Waals surface area contributed by atoms with Crippen LogP contribution in [0.25, 0.3) is 32.3 Å². The molecule has 2 heteroatoms. The molecule has 8 aliphatic carbocycles. The number of rotatable bonds is 10. The molecule has 4 aromatic carbocycles. The van der Waals surface area contributed by atoms with Crippen LogP contribution in [0, 0.1) is 92.7 Å². The molecule has 6 fully saturated rings. The largest absolute Gasteiger partial charge is 0.393 e. The number of hydrogen-bond acceptors (Lipinski definition) is 2. The van der Waals surface area contributed by atoms with Gasteiger partial charge in [-0.05, 0) is 228 Å². The van der Waals surface area contributed by atoms with Crippen LogP contribution < -0.4 is 0 Å². The molecule has 0 heterocycles. The average molecular weight is 976 g/mol. The van der Waals surface area contributed by atoms with Crippen LogP contribution >= 0.6 is 0 Å². The lowest BCUT2D eigenvalue weighted by Gasteiger charge is -2.58. The summed E-state index contributed by atoms with van der Waals surface area (Å²) in [6.45, 7) is 25.1. The van der Waals surface area contributed by atoms with Gasteiger partial charge in [-0.2, -0.15) is 0 Å². The molecular weight excluding hydrogens is 873 g/mol. The van der Waals surface area contributed by atoms with Crippen molar-refractivity contribution in [1.29, 1.82) is 0 Å². The van der Waals surface area contributed by atoms with Gasteiger partial charge >= 0.3 is 0 Å². The summed E-state index contributed by atoms with van der Waals surface area (Å²) in [6.07, 6.45) is 34.3. The van der Waals surface area contributed by atoms with Gasteiger partial charge in [0, 0.05) is 0 Å². The molecule has 0 radical (unpaired) electrons. The van der Waals surface area contributed by atoms with Gasteiger partial charge in [-0.15, -0.1) is 0 Å². The van der Waals surface area contributed by atoms with Gasteiger partial charge in [0.1, 0.15) is 0 Å². The Morgan fingerprint density at radius 1 is 0.444 bits per heavy atom. The van der Waals surface area contributed by atoms with E-state index in [0.29, 0.717) is 21.7 Å². The molecule has 6 saturated carbocycles. The molecule has 0 aromatic heterocycles. The molecule has 0 spiro atoms. The molecule has 394 valence electrons. The van der Waals surface area contributed by atoms with Gasteiger partial charge in [0.25, 0.3) is 0 Å². The van der Waals surface area contributed by atoms with Crippen molar-refractivity contribution < 1.29 is 10.2 Å². The first kappa shape index (κ1) is 52.7. The number of aliphatic hydroxyl groups excluding tert-OH is 2. The van der Waals surface area contributed by atoms with E-state index in [0.717, 1.165) is 96.7 Å². The molecule has 72 heavy (non-hydrogen) atoms. The van der Waals surface area contributed by atoms with Gasteiger partial charge in [0.2, 0.25) is 0 Å². The fraction of sp³-hybridized carbons (Fsp3) is 0.714. The standard InChI is InChI=1S/2C27H46O.C16H10/c2*1-18(2)7-6-8-19(3)23-11-12-24-22-10-9-20-17-21(28)13-15-26(20,4)25(22)14-16-27(23,24)5;1-3-11-7-9-13-5-2-6-14-10-8-12(4-1)15(11)16(13)14/h2*9,18-19,21-25,28H,6-8,10-17H2,1-5H3;1-10H/t2*19-,21+,22+,23-,24+,25+,26+,27-;/m11./s1. The maximum atomic E-state index is 10.2. The summed E-state index contributed by atoms with van der Waals surface area (Å²) in [7, 11) is 0. The Kier molecular flexibility index (Phi) is 15.4. The lowest BCUT2D eigenvalue weighted by atomic mass is 9.47. The minimum atomic E-state index is -0.0766. The normalized spacial score (nSPS) is 38.8. The van der Waals surface area contributed by atoms with Crippen LogP contribution in [0.3, 0.4) is 0 Å². The summed E-state index contributed by atoms with van der Waals surface area (Å²) in [4.78, 5) is 0. The van der Waals surface area contributed by atoms with Crippen molar-refractivity contribution in [2.75, 3.05) is 0 Å². The number of benzene rings is 4. The maximum Gasteiger partial charge on any atom is 0.0577 e. The molecule has 8 aliphatic rings. The second-order valence-corrected chi connectivity index (χ2v) is 28.7. The number of fused-ring (bicyclic) bond motifs is 10. The van der Waals surface area contributed by atoms with Crippen molar-refractivity contribution in [1.82, 2.24) is 0 Å². The molecular formula is C70H102O2. The second-order valence-electron chi connectivity index (χ2n) is 28.7. The third-order valence-corrected chi connectivity index (χ3v) is 24.0. The monoisotopic (exact) mass is 975 g/mol. The van der Waals surface area contributed by atoms with E-state index >= 15 is 0 Å². The van der Waals surface area contributed by atoms with Crippen LogP contribution in [-0.4, -0.2) is 22.4 Å². The first-order valence-corrected chi connectivity index (χ1v) is 30.8. The minimum Gasteiger partial charge on any atom is -0.393 e. The Balaban J connectivity index is 0.000000129. The van der Waals surface area contributed by atoms with Crippen molar-refractivity contribution in [3.05, 3.63) is 84.0 Å². The van der Waals surface area contributed by atoms with E-state index < -0.39 is 0 Å². The average Bonchev–Trinajstić information content (AvgIpc) is 3.91. The summed E-state index contributed by atoms with van der Waals surface area (Å²) >= 11 is 0. The van der Waals surface area contributed by atoms with Crippen LogP contribution in [0.5, 0.6) is 0 Å². The van der Waals surface area contributed by atoms with Crippen molar-refractivity contribution in [3.63, 3.8) is 0 Å². The van der Waals surface area contributed by atoms with Crippen molar-refractivity contribution in [2.24, 2.45) is 92.7 Å². The Morgan fingerprint density at radius 2 is 0.819 bits per heavy atom. The molecule has 12 rings (SSSR count). The summed E-state index contributed by atoms with van der Waals surface area (Å²) in [5.74, 6) is 10.9. The van der Waals surface area contributed by atoms with Crippen LogP contribution in [0.15, 0.2) is 84.0 Å². The van der Waals surface area contributed by atoms with E-state index in [9.17, 15) is 10.2 Å². The van der Waals surface area contributed by atoms with E-state index in [1.54, 1.807) is 11.1 Å². The Labute approximate surface area is 439 Å². The van der Waals surface area contributed by atoms with Gasteiger partial charge in [-0.25, -0.2) is 0 Å². The number of allylic oxidation sites excluding steroid dienone is 2. The second kappa shape index (κ2) is 21.0. The summed E-state index contributed by atoms with van der Waals surface area (Å²) in [5.41, 5.74) is 5.21. The minimum absolute atomic E-state index is 0.0766. The van der Waals surface area contributed by atoms with Crippen LogP contribution in [0.1, 0.15) is 210 Å². The third-order valence-electron chi connectivity index (χ3n) is 24.0. The SMILES string of the molecule is CC(C)CCC[C@@H](C)[C@H]1CC[C@H]2[C@@H]3CC=C4C[C@@H](O)CC[C@]4(C)[C@H]3CC[C@]12C.CC(C)CCC[C@@H](C)[C@H]1CC[C@H]2[C@@H]3CC=C4C[C@@H](O)CC[C@]4(C)[C@H]3CC[C@]12C.c1cc2ccc3cccc4ccc(c1)c2c34. The molecule has 0 unspecified atom stereocenters. The van der Waals surface area contributed by atoms with Gasteiger partial charge in [-0.1, -0.05) is 192 Å². The molecule has 0 saturated heterocycles. The first-order chi connectivity index (χ1) is 34.4. The first-order valence-electron chi connectivity index (χ1n) is 30.8. The summed E-state index contributed by atoms with van der Waals surface area (Å²) in [6, 6.07) is 21.9. The molecule has 0 amide bonds. The highest BCUT2D eigenvalue weighted by Crippen LogP contribution is 2.69. The highest BCUT2D eigenvalue weighted by atomic mass is 16.3. The lowest BCUT2D eigenvalue weighted by molar-refractivity contribution is -0.0573.